The minimum atomic E-state index is 1.12. The van der Waals surface area contributed by atoms with Crippen LogP contribution in [-0.4, -0.2) is 4.57 Å². The Hall–Kier alpha value is -6.64. The van der Waals surface area contributed by atoms with E-state index in [1.54, 1.807) is 0 Å². The first-order chi connectivity index (χ1) is 24.8. The molecule has 1 aromatic heterocycles. The number of fused-ring (bicyclic) bond motifs is 8. The predicted molar refractivity (Wildman–Crippen MR) is 213 cm³/mol. The van der Waals surface area contributed by atoms with Crippen molar-refractivity contribution in [2.45, 2.75) is 0 Å². The van der Waals surface area contributed by atoms with Gasteiger partial charge in [-0.25, -0.2) is 0 Å². The van der Waals surface area contributed by atoms with E-state index in [1.165, 1.54) is 65.3 Å². The first kappa shape index (κ1) is 28.4. The molecule has 1 heterocycles. The van der Waals surface area contributed by atoms with E-state index in [4.69, 9.17) is 0 Å². The van der Waals surface area contributed by atoms with Crippen LogP contribution in [0.3, 0.4) is 0 Å². The van der Waals surface area contributed by atoms with Crippen LogP contribution in [0.2, 0.25) is 0 Å². The Kier molecular flexibility index (Phi) is 6.53. The van der Waals surface area contributed by atoms with Crippen molar-refractivity contribution in [3.05, 3.63) is 194 Å². The highest BCUT2D eigenvalue weighted by Crippen LogP contribution is 2.47. The quantitative estimate of drug-likeness (QED) is 0.171. The number of hydrogen-bond donors (Lipinski definition) is 0. The standard InChI is InChI=1S/C48H32N2/c1-3-14-33(15-4-1)40-20-9-11-22-44(40)50(37-28-31-39-35(32-37)27-30-41-38-19-8-7-16-34(38)26-29-42(39)41)47-25-13-24-46-48(47)43-21-10-12-23-45(43)49(46)36-17-5-2-6-18-36/h1-32H. The monoisotopic (exact) mass is 636 g/mol. The zero-order valence-electron chi connectivity index (χ0n) is 27.4. The molecule has 0 unspecified atom stereocenters. The van der Waals surface area contributed by atoms with Gasteiger partial charge in [-0.1, -0.05) is 146 Å². The van der Waals surface area contributed by atoms with Crippen LogP contribution >= 0.6 is 0 Å². The molecule has 0 spiro atoms. The summed E-state index contributed by atoms with van der Waals surface area (Å²) in [5.41, 5.74) is 9.28. The maximum atomic E-state index is 2.47. The Balaban J connectivity index is 1.28. The fourth-order valence-electron chi connectivity index (χ4n) is 7.94. The number of nitrogens with zero attached hydrogens (tertiary/aromatic N) is 2. The summed E-state index contributed by atoms with van der Waals surface area (Å²) in [5.74, 6) is 0. The van der Waals surface area contributed by atoms with E-state index in [2.05, 4.69) is 204 Å². The summed E-state index contributed by atoms with van der Waals surface area (Å²) in [6, 6.07) is 70.5. The van der Waals surface area contributed by atoms with Gasteiger partial charge in [0.1, 0.15) is 0 Å². The Morgan fingerprint density at radius 1 is 0.360 bits per heavy atom. The highest BCUT2D eigenvalue weighted by Gasteiger charge is 2.23. The Morgan fingerprint density at radius 2 is 0.960 bits per heavy atom. The molecule has 10 rings (SSSR count). The largest absolute Gasteiger partial charge is 0.309 e. The van der Waals surface area contributed by atoms with Crippen molar-refractivity contribution in [3.63, 3.8) is 0 Å². The average molecular weight is 637 g/mol. The molecule has 0 aliphatic carbocycles. The number of benzene rings is 9. The normalized spacial score (nSPS) is 11.6. The van der Waals surface area contributed by atoms with Gasteiger partial charge in [0.15, 0.2) is 0 Å². The van der Waals surface area contributed by atoms with E-state index in [0.29, 0.717) is 0 Å². The molecule has 10 aromatic rings. The fourth-order valence-corrected chi connectivity index (χ4v) is 7.94. The molecule has 9 aromatic carbocycles. The smallest absolute Gasteiger partial charge is 0.0562 e. The van der Waals surface area contributed by atoms with Crippen molar-refractivity contribution in [1.29, 1.82) is 0 Å². The van der Waals surface area contributed by atoms with Crippen molar-refractivity contribution in [2.75, 3.05) is 4.90 Å². The van der Waals surface area contributed by atoms with Crippen molar-refractivity contribution in [1.82, 2.24) is 4.57 Å². The van der Waals surface area contributed by atoms with Crippen molar-refractivity contribution < 1.29 is 0 Å². The molecular weight excluding hydrogens is 605 g/mol. The van der Waals surface area contributed by atoms with Crippen LogP contribution in [-0.2, 0) is 0 Å². The fraction of sp³-hybridized carbons (Fsp3) is 0. The molecule has 234 valence electrons. The Morgan fingerprint density at radius 3 is 1.80 bits per heavy atom. The molecule has 0 aliphatic rings. The van der Waals surface area contributed by atoms with Gasteiger partial charge in [0.05, 0.1) is 22.4 Å². The van der Waals surface area contributed by atoms with Gasteiger partial charge in [-0.3, -0.25) is 0 Å². The summed E-state index contributed by atoms with van der Waals surface area (Å²) >= 11 is 0. The first-order valence-corrected chi connectivity index (χ1v) is 17.2. The predicted octanol–water partition coefficient (Wildman–Crippen LogP) is 13.4. The van der Waals surface area contributed by atoms with Gasteiger partial charge >= 0.3 is 0 Å². The SMILES string of the molecule is c1ccc(-c2ccccc2N(c2ccc3c(ccc4c5ccccc5ccc34)c2)c2cccc3c2c2ccccc2n3-c2ccccc2)cc1. The molecule has 0 N–H and O–H groups in total. The van der Waals surface area contributed by atoms with E-state index < -0.39 is 0 Å². The maximum Gasteiger partial charge on any atom is 0.0562 e. The molecular formula is C48H32N2. The van der Waals surface area contributed by atoms with Gasteiger partial charge in [-0.15, -0.1) is 0 Å². The van der Waals surface area contributed by atoms with Crippen LogP contribution in [0.15, 0.2) is 194 Å². The Labute approximate surface area is 290 Å². The molecule has 2 nitrogen and oxygen atoms in total. The van der Waals surface area contributed by atoms with Crippen LogP contribution in [0.1, 0.15) is 0 Å². The maximum absolute atomic E-state index is 2.47. The molecule has 0 saturated carbocycles. The van der Waals surface area contributed by atoms with Gasteiger partial charge in [-0.2, -0.15) is 0 Å². The number of aromatic nitrogens is 1. The lowest BCUT2D eigenvalue weighted by atomic mass is 9.96. The first-order valence-electron chi connectivity index (χ1n) is 17.2. The van der Waals surface area contributed by atoms with Crippen LogP contribution in [0.25, 0.3) is 70.9 Å². The Bertz CT molecular complexity index is 2870. The van der Waals surface area contributed by atoms with Crippen LogP contribution < -0.4 is 4.90 Å². The molecule has 0 radical (unpaired) electrons. The van der Waals surface area contributed by atoms with E-state index >= 15 is 0 Å². The third kappa shape index (κ3) is 4.43. The minimum absolute atomic E-state index is 1.12. The van der Waals surface area contributed by atoms with Crippen LogP contribution in [0.5, 0.6) is 0 Å². The molecule has 0 bridgehead atoms. The summed E-state index contributed by atoms with van der Waals surface area (Å²) in [6.45, 7) is 0. The van der Waals surface area contributed by atoms with Gasteiger partial charge in [-0.05, 0) is 86.4 Å². The molecule has 0 saturated heterocycles. The second-order valence-corrected chi connectivity index (χ2v) is 12.9. The summed E-state index contributed by atoms with van der Waals surface area (Å²) in [6.07, 6.45) is 0. The van der Waals surface area contributed by atoms with E-state index in [0.717, 1.165) is 22.7 Å². The lowest BCUT2D eigenvalue weighted by Crippen LogP contribution is -2.11. The van der Waals surface area contributed by atoms with E-state index in [-0.39, 0.29) is 0 Å². The zero-order chi connectivity index (χ0) is 33.0. The second kappa shape index (κ2) is 11.5. The number of rotatable bonds is 5. The number of hydrogen-bond acceptors (Lipinski definition) is 1. The third-order valence-corrected chi connectivity index (χ3v) is 10.1. The lowest BCUT2D eigenvalue weighted by Gasteiger charge is -2.29. The van der Waals surface area contributed by atoms with Crippen LogP contribution in [0.4, 0.5) is 17.1 Å². The average Bonchev–Trinajstić information content (AvgIpc) is 3.53. The minimum Gasteiger partial charge on any atom is -0.309 e. The zero-order valence-corrected chi connectivity index (χ0v) is 27.4. The summed E-state index contributed by atoms with van der Waals surface area (Å²) in [4.78, 5) is 2.47. The van der Waals surface area contributed by atoms with Crippen molar-refractivity contribution >= 4 is 71.2 Å². The molecule has 0 atom stereocenters. The van der Waals surface area contributed by atoms with Gasteiger partial charge in [0, 0.05) is 27.7 Å². The molecule has 2 heteroatoms. The summed E-state index contributed by atoms with van der Waals surface area (Å²) in [5, 5.41) is 10.0. The topological polar surface area (TPSA) is 8.17 Å². The second-order valence-electron chi connectivity index (χ2n) is 12.9. The van der Waals surface area contributed by atoms with Gasteiger partial charge < -0.3 is 9.47 Å². The van der Waals surface area contributed by atoms with E-state index in [1.807, 2.05) is 0 Å². The summed E-state index contributed by atoms with van der Waals surface area (Å²) < 4.78 is 2.40. The van der Waals surface area contributed by atoms with Gasteiger partial charge in [0.2, 0.25) is 0 Å². The third-order valence-electron chi connectivity index (χ3n) is 10.1. The van der Waals surface area contributed by atoms with Crippen LogP contribution in [0, 0.1) is 0 Å². The number of para-hydroxylation sites is 3. The highest BCUT2D eigenvalue weighted by atomic mass is 15.2. The summed E-state index contributed by atoms with van der Waals surface area (Å²) in [7, 11) is 0. The lowest BCUT2D eigenvalue weighted by molar-refractivity contribution is 1.18. The highest BCUT2D eigenvalue weighted by molar-refractivity contribution is 6.19. The van der Waals surface area contributed by atoms with Crippen molar-refractivity contribution in [3.8, 4) is 16.8 Å². The van der Waals surface area contributed by atoms with Crippen molar-refractivity contribution in [2.24, 2.45) is 0 Å². The molecule has 0 amide bonds. The molecule has 0 fully saturated rings. The number of anilines is 3. The molecule has 0 aliphatic heterocycles. The molecule has 50 heavy (non-hydrogen) atoms. The van der Waals surface area contributed by atoms with Gasteiger partial charge in [0.25, 0.3) is 0 Å². The van der Waals surface area contributed by atoms with E-state index in [9.17, 15) is 0 Å².